The van der Waals surface area contributed by atoms with E-state index in [2.05, 4.69) is 0 Å². The zero-order chi connectivity index (χ0) is 14.2. The number of nitrogens with two attached hydrogens (primary N) is 1. The fourth-order valence-electron chi connectivity index (χ4n) is 2.95. The van der Waals surface area contributed by atoms with Gasteiger partial charge in [-0.15, -0.1) is 0 Å². The Kier molecular flexibility index (Phi) is 3.81. The Morgan fingerprint density at radius 2 is 1.85 bits per heavy atom. The molecule has 2 bridgehead atoms. The van der Waals surface area contributed by atoms with Crippen LogP contribution in [0.4, 0.5) is 0 Å². The Labute approximate surface area is 119 Å². The average Bonchev–Trinajstić information content (AvgIpc) is 2.77. The number of nitrogens with zero attached hydrogens (tertiary/aromatic N) is 1. The molecular formula is C14H20N2O3S. The second-order valence-electron chi connectivity index (χ2n) is 5.55. The summed E-state index contributed by atoms with van der Waals surface area (Å²) in [6, 6.07) is 7.47. The molecule has 0 aromatic heterocycles. The molecule has 2 heterocycles. The Morgan fingerprint density at radius 3 is 2.50 bits per heavy atom. The first kappa shape index (κ1) is 14.0. The Balaban J connectivity index is 1.75. The molecule has 5 nitrogen and oxygen atoms in total. The lowest BCUT2D eigenvalue weighted by Gasteiger charge is -2.31. The highest BCUT2D eigenvalue weighted by Gasteiger charge is 2.38. The van der Waals surface area contributed by atoms with Crippen LogP contribution in [-0.4, -0.2) is 38.0 Å². The summed E-state index contributed by atoms with van der Waals surface area (Å²) in [5.41, 5.74) is 7.35. The number of rotatable bonds is 4. The molecule has 2 saturated heterocycles. The summed E-state index contributed by atoms with van der Waals surface area (Å²) in [5.74, 6) is 0.0419. The number of hydrogen-bond acceptors (Lipinski definition) is 4. The van der Waals surface area contributed by atoms with Gasteiger partial charge in [-0.25, -0.2) is 8.42 Å². The highest BCUT2D eigenvalue weighted by atomic mass is 32.2. The molecule has 1 aromatic rings. The molecule has 2 unspecified atom stereocenters. The van der Waals surface area contributed by atoms with E-state index in [1.54, 1.807) is 4.31 Å². The van der Waals surface area contributed by atoms with Crippen LogP contribution < -0.4 is 5.73 Å². The molecule has 2 aliphatic heterocycles. The lowest BCUT2D eigenvalue weighted by molar-refractivity contribution is -0.0115. The third kappa shape index (κ3) is 2.88. The van der Waals surface area contributed by atoms with E-state index in [-0.39, 0.29) is 18.0 Å². The van der Waals surface area contributed by atoms with Crippen molar-refractivity contribution in [3.05, 3.63) is 35.4 Å². The lowest BCUT2D eigenvalue weighted by Crippen LogP contribution is -2.46. The molecule has 2 N–H and O–H groups in total. The van der Waals surface area contributed by atoms with Crippen LogP contribution >= 0.6 is 0 Å². The molecule has 0 aliphatic carbocycles. The maximum Gasteiger partial charge on any atom is 0.218 e. The van der Waals surface area contributed by atoms with Crippen molar-refractivity contribution in [2.75, 3.05) is 13.1 Å². The van der Waals surface area contributed by atoms with Crippen LogP contribution in [0.1, 0.15) is 24.0 Å². The summed E-state index contributed by atoms with van der Waals surface area (Å²) < 4.78 is 32.3. The zero-order valence-corrected chi connectivity index (χ0v) is 12.2. The van der Waals surface area contributed by atoms with E-state index in [0.717, 1.165) is 24.0 Å². The molecule has 0 radical (unpaired) electrons. The summed E-state index contributed by atoms with van der Waals surface area (Å²) >= 11 is 0. The summed E-state index contributed by atoms with van der Waals surface area (Å²) in [6.45, 7) is 1.42. The van der Waals surface area contributed by atoms with Crippen molar-refractivity contribution in [1.29, 1.82) is 0 Å². The average molecular weight is 296 g/mol. The second-order valence-corrected chi connectivity index (χ2v) is 7.52. The van der Waals surface area contributed by atoms with Crippen molar-refractivity contribution in [3.8, 4) is 0 Å². The van der Waals surface area contributed by atoms with Crippen LogP contribution in [-0.2, 0) is 27.1 Å². The quantitative estimate of drug-likeness (QED) is 0.893. The monoisotopic (exact) mass is 296 g/mol. The van der Waals surface area contributed by atoms with Gasteiger partial charge in [0.2, 0.25) is 10.0 Å². The molecule has 20 heavy (non-hydrogen) atoms. The molecule has 6 heteroatoms. The van der Waals surface area contributed by atoms with Gasteiger partial charge < -0.3 is 10.5 Å². The summed E-state index contributed by atoms with van der Waals surface area (Å²) in [6.07, 6.45) is 2.11. The smallest absolute Gasteiger partial charge is 0.218 e. The third-order valence-electron chi connectivity index (χ3n) is 3.98. The van der Waals surface area contributed by atoms with Crippen LogP contribution in [0.2, 0.25) is 0 Å². The van der Waals surface area contributed by atoms with E-state index in [0.29, 0.717) is 19.6 Å². The number of benzene rings is 1. The van der Waals surface area contributed by atoms with Crippen LogP contribution in [0.25, 0.3) is 0 Å². The highest BCUT2D eigenvalue weighted by Crippen LogP contribution is 2.28. The largest absolute Gasteiger partial charge is 0.372 e. The number of morpholine rings is 1. The Hall–Kier alpha value is -0.950. The molecule has 0 amide bonds. The molecule has 3 rings (SSSR count). The fourth-order valence-corrected chi connectivity index (χ4v) is 4.52. The van der Waals surface area contributed by atoms with Gasteiger partial charge in [0.05, 0.1) is 18.0 Å². The minimum Gasteiger partial charge on any atom is -0.372 e. The highest BCUT2D eigenvalue weighted by molar-refractivity contribution is 7.88. The zero-order valence-electron chi connectivity index (χ0n) is 11.4. The summed E-state index contributed by atoms with van der Waals surface area (Å²) in [4.78, 5) is 0. The van der Waals surface area contributed by atoms with E-state index in [9.17, 15) is 8.42 Å². The van der Waals surface area contributed by atoms with Gasteiger partial charge in [-0.1, -0.05) is 24.3 Å². The first-order valence-electron chi connectivity index (χ1n) is 6.98. The van der Waals surface area contributed by atoms with Crippen molar-refractivity contribution in [3.63, 3.8) is 0 Å². The van der Waals surface area contributed by atoms with E-state index in [4.69, 9.17) is 10.5 Å². The van der Waals surface area contributed by atoms with Crippen LogP contribution in [0, 0.1) is 0 Å². The fraction of sp³-hybridized carbons (Fsp3) is 0.571. The minimum atomic E-state index is -3.27. The molecule has 1 aromatic carbocycles. The topological polar surface area (TPSA) is 72.6 Å². The van der Waals surface area contributed by atoms with Crippen LogP contribution in [0.3, 0.4) is 0 Å². The molecule has 2 fully saturated rings. The Bertz CT molecular complexity index is 576. The number of fused-ring (bicyclic) bond motifs is 2. The van der Waals surface area contributed by atoms with Gasteiger partial charge in [-0.2, -0.15) is 4.31 Å². The molecule has 2 aliphatic rings. The minimum absolute atomic E-state index is 0.0419. The van der Waals surface area contributed by atoms with Gasteiger partial charge in [-0.05, 0) is 24.0 Å². The van der Waals surface area contributed by atoms with Gasteiger partial charge in [0.1, 0.15) is 0 Å². The first-order valence-corrected chi connectivity index (χ1v) is 8.59. The van der Waals surface area contributed by atoms with Crippen molar-refractivity contribution >= 4 is 10.0 Å². The van der Waals surface area contributed by atoms with Gasteiger partial charge in [0.25, 0.3) is 0 Å². The predicted octanol–water partition coefficient (Wildman–Crippen LogP) is 0.838. The van der Waals surface area contributed by atoms with Gasteiger partial charge in [-0.3, -0.25) is 0 Å². The van der Waals surface area contributed by atoms with E-state index in [1.807, 2.05) is 24.3 Å². The van der Waals surface area contributed by atoms with Crippen molar-refractivity contribution in [2.24, 2.45) is 5.73 Å². The maximum atomic E-state index is 12.5. The van der Waals surface area contributed by atoms with Gasteiger partial charge in [0.15, 0.2) is 0 Å². The first-order chi connectivity index (χ1) is 9.56. The van der Waals surface area contributed by atoms with E-state index < -0.39 is 10.0 Å². The van der Waals surface area contributed by atoms with Crippen LogP contribution in [0.15, 0.2) is 24.3 Å². The third-order valence-corrected chi connectivity index (χ3v) is 5.76. The normalized spacial score (nSPS) is 26.9. The van der Waals surface area contributed by atoms with Crippen molar-refractivity contribution in [2.45, 2.75) is 37.3 Å². The van der Waals surface area contributed by atoms with Crippen molar-refractivity contribution in [1.82, 2.24) is 4.31 Å². The Morgan fingerprint density at radius 1 is 1.20 bits per heavy atom. The molecule has 2 atom stereocenters. The molecule has 0 spiro atoms. The van der Waals surface area contributed by atoms with Crippen LogP contribution in [0.5, 0.6) is 0 Å². The number of sulfonamides is 1. The number of hydrogen-bond donors (Lipinski definition) is 1. The molecule has 0 saturated carbocycles. The molecular weight excluding hydrogens is 276 g/mol. The van der Waals surface area contributed by atoms with Crippen molar-refractivity contribution < 1.29 is 13.2 Å². The standard InChI is InChI=1S/C14H20N2O3S/c15-7-11-2-1-3-12(6-11)10-20(17,18)16-8-13-4-5-14(9-16)19-13/h1-3,6,13-14H,4-5,7-10,15H2. The SMILES string of the molecule is NCc1cccc(CS(=O)(=O)N2CC3CCC(C2)O3)c1. The van der Waals surface area contributed by atoms with E-state index in [1.165, 1.54) is 0 Å². The van der Waals surface area contributed by atoms with Gasteiger partial charge in [0, 0.05) is 19.6 Å². The second kappa shape index (κ2) is 5.44. The molecule has 110 valence electrons. The predicted molar refractivity (Wildman–Crippen MR) is 76.4 cm³/mol. The maximum absolute atomic E-state index is 12.5. The summed E-state index contributed by atoms with van der Waals surface area (Å²) in [7, 11) is -3.27. The lowest BCUT2D eigenvalue weighted by atomic mass is 10.1. The number of ether oxygens (including phenoxy) is 1. The van der Waals surface area contributed by atoms with E-state index >= 15 is 0 Å². The van der Waals surface area contributed by atoms with Gasteiger partial charge >= 0.3 is 0 Å². The summed E-state index contributed by atoms with van der Waals surface area (Å²) in [5, 5.41) is 0.